The third-order valence-electron chi connectivity index (χ3n) is 5.21. The number of thiazole rings is 1. The molecule has 0 aliphatic carbocycles. The highest BCUT2D eigenvalue weighted by Gasteiger charge is 2.32. The van der Waals surface area contributed by atoms with Crippen molar-refractivity contribution in [2.24, 2.45) is 0 Å². The lowest BCUT2D eigenvalue weighted by Crippen LogP contribution is -2.25. The predicted molar refractivity (Wildman–Crippen MR) is 91.6 cm³/mol. The molecule has 5 nitrogen and oxygen atoms in total. The monoisotopic (exact) mass is 331 g/mol. The van der Waals surface area contributed by atoms with Crippen LogP contribution in [0.3, 0.4) is 0 Å². The van der Waals surface area contributed by atoms with Gasteiger partial charge in [0.1, 0.15) is 16.7 Å². The third kappa shape index (κ3) is 2.94. The van der Waals surface area contributed by atoms with Crippen molar-refractivity contribution in [2.75, 3.05) is 6.54 Å². The second kappa shape index (κ2) is 6.32. The first-order chi connectivity index (χ1) is 11.2. The van der Waals surface area contributed by atoms with Crippen LogP contribution < -0.4 is 0 Å². The van der Waals surface area contributed by atoms with Crippen molar-refractivity contribution in [3.8, 4) is 0 Å². The van der Waals surface area contributed by atoms with Crippen molar-refractivity contribution < 1.29 is 0 Å². The summed E-state index contributed by atoms with van der Waals surface area (Å²) in [6, 6.07) is 0.416. The third-order valence-corrected chi connectivity index (χ3v) is 6.27. The van der Waals surface area contributed by atoms with Crippen LogP contribution in [-0.2, 0) is 19.5 Å². The topological polar surface area (TPSA) is 46.8 Å². The minimum atomic E-state index is 0.416. The summed E-state index contributed by atoms with van der Waals surface area (Å²) in [5.74, 6) is 2.40. The Kier molecular flexibility index (Phi) is 4.20. The van der Waals surface area contributed by atoms with Crippen LogP contribution in [0.25, 0.3) is 0 Å². The van der Waals surface area contributed by atoms with Crippen LogP contribution in [-0.4, -0.2) is 31.2 Å². The van der Waals surface area contributed by atoms with Crippen molar-refractivity contribution >= 4 is 11.3 Å². The SMILES string of the molecule is Cc1nc(CN2CCCC2c2nnc3n2CCCCC3)sc1C. The fourth-order valence-corrected chi connectivity index (χ4v) is 4.80. The maximum atomic E-state index is 4.73. The van der Waals surface area contributed by atoms with Gasteiger partial charge in [0.25, 0.3) is 0 Å². The molecule has 0 spiro atoms. The van der Waals surface area contributed by atoms with Gasteiger partial charge >= 0.3 is 0 Å². The molecular formula is C17H25N5S. The summed E-state index contributed by atoms with van der Waals surface area (Å²) in [6.45, 7) is 7.46. The summed E-state index contributed by atoms with van der Waals surface area (Å²) >= 11 is 1.84. The van der Waals surface area contributed by atoms with Crippen LogP contribution in [0.2, 0.25) is 0 Å². The summed E-state index contributed by atoms with van der Waals surface area (Å²) in [5, 5.41) is 10.3. The number of fused-ring (bicyclic) bond motifs is 1. The molecule has 1 saturated heterocycles. The number of nitrogens with zero attached hydrogens (tertiary/aromatic N) is 5. The lowest BCUT2D eigenvalue weighted by Gasteiger charge is -2.23. The highest BCUT2D eigenvalue weighted by atomic mass is 32.1. The first kappa shape index (κ1) is 15.3. The van der Waals surface area contributed by atoms with Crippen LogP contribution in [0.15, 0.2) is 0 Å². The molecule has 0 amide bonds. The number of aromatic nitrogens is 4. The molecule has 2 aromatic heterocycles. The maximum Gasteiger partial charge on any atom is 0.150 e. The predicted octanol–water partition coefficient (Wildman–Crippen LogP) is 3.41. The fraction of sp³-hybridized carbons (Fsp3) is 0.706. The summed E-state index contributed by atoms with van der Waals surface area (Å²) in [7, 11) is 0. The van der Waals surface area contributed by atoms with E-state index in [1.165, 1.54) is 59.3 Å². The highest BCUT2D eigenvalue weighted by molar-refractivity contribution is 7.11. The van der Waals surface area contributed by atoms with E-state index in [-0.39, 0.29) is 0 Å². The van der Waals surface area contributed by atoms with Crippen molar-refractivity contribution in [2.45, 2.75) is 71.5 Å². The molecule has 1 unspecified atom stereocenters. The van der Waals surface area contributed by atoms with E-state index < -0.39 is 0 Å². The average molecular weight is 331 g/mol. The quantitative estimate of drug-likeness (QED) is 0.864. The van der Waals surface area contributed by atoms with Gasteiger partial charge in [0.2, 0.25) is 0 Å². The van der Waals surface area contributed by atoms with Crippen molar-refractivity contribution in [1.29, 1.82) is 0 Å². The Morgan fingerprint density at radius 2 is 2.00 bits per heavy atom. The molecule has 2 aliphatic heterocycles. The molecule has 1 fully saturated rings. The van der Waals surface area contributed by atoms with E-state index in [4.69, 9.17) is 4.98 Å². The normalized spacial score (nSPS) is 22.3. The number of aryl methyl sites for hydroxylation is 3. The molecule has 124 valence electrons. The zero-order chi connectivity index (χ0) is 15.8. The molecule has 4 rings (SSSR count). The molecule has 4 heterocycles. The number of likely N-dealkylation sites (tertiary alicyclic amines) is 1. The van der Waals surface area contributed by atoms with E-state index in [1.807, 2.05) is 11.3 Å². The first-order valence-corrected chi connectivity index (χ1v) is 9.63. The number of rotatable bonds is 3. The minimum Gasteiger partial charge on any atom is -0.314 e. The zero-order valence-corrected chi connectivity index (χ0v) is 14.9. The molecule has 1 atom stereocenters. The molecule has 0 radical (unpaired) electrons. The lowest BCUT2D eigenvalue weighted by molar-refractivity contribution is 0.233. The Bertz CT molecular complexity index is 670. The van der Waals surface area contributed by atoms with Gasteiger partial charge in [-0.1, -0.05) is 6.42 Å². The summed E-state index contributed by atoms with van der Waals surface area (Å²) in [4.78, 5) is 8.62. The van der Waals surface area contributed by atoms with Gasteiger partial charge in [0.15, 0.2) is 0 Å². The van der Waals surface area contributed by atoms with Crippen molar-refractivity contribution in [3.63, 3.8) is 0 Å². The largest absolute Gasteiger partial charge is 0.314 e. The van der Waals surface area contributed by atoms with Crippen LogP contribution in [0.5, 0.6) is 0 Å². The second-order valence-corrected chi connectivity index (χ2v) is 8.10. The van der Waals surface area contributed by atoms with Gasteiger partial charge in [0.05, 0.1) is 18.3 Å². The highest BCUT2D eigenvalue weighted by Crippen LogP contribution is 2.34. The van der Waals surface area contributed by atoms with Gasteiger partial charge in [-0.25, -0.2) is 4.98 Å². The Morgan fingerprint density at radius 3 is 2.83 bits per heavy atom. The molecule has 0 bridgehead atoms. The second-order valence-electron chi connectivity index (χ2n) is 6.81. The summed E-state index contributed by atoms with van der Waals surface area (Å²) < 4.78 is 2.41. The van der Waals surface area contributed by atoms with Gasteiger partial charge in [-0.3, -0.25) is 4.90 Å². The Labute approximate surface area is 141 Å². The molecule has 23 heavy (non-hydrogen) atoms. The minimum absolute atomic E-state index is 0.416. The van der Waals surface area contributed by atoms with Gasteiger partial charge < -0.3 is 4.57 Å². The molecule has 6 heteroatoms. The van der Waals surface area contributed by atoms with E-state index in [9.17, 15) is 0 Å². The molecule has 2 aliphatic rings. The molecule has 0 aromatic carbocycles. The smallest absolute Gasteiger partial charge is 0.150 e. The van der Waals surface area contributed by atoms with Crippen LogP contribution >= 0.6 is 11.3 Å². The fourth-order valence-electron chi connectivity index (χ4n) is 3.84. The lowest BCUT2D eigenvalue weighted by atomic mass is 10.2. The van der Waals surface area contributed by atoms with E-state index in [0.29, 0.717) is 6.04 Å². The standard InChI is InChI=1S/C17H25N5S/c1-12-13(2)23-16(18-12)11-21-9-6-7-14(21)17-20-19-15-8-4-3-5-10-22(15)17/h14H,3-11H2,1-2H3. The summed E-state index contributed by atoms with van der Waals surface area (Å²) in [6.07, 6.45) is 7.36. The van der Waals surface area contributed by atoms with Crippen molar-refractivity contribution in [1.82, 2.24) is 24.6 Å². The van der Waals surface area contributed by atoms with E-state index in [1.54, 1.807) is 0 Å². The van der Waals surface area contributed by atoms with Crippen LogP contribution in [0.1, 0.15) is 65.4 Å². The van der Waals surface area contributed by atoms with E-state index >= 15 is 0 Å². The molecule has 0 saturated carbocycles. The molecule has 2 aromatic rings. The Hall–Kier alpha value is -1.27. The van der Waals surface area contributed by atoms with Gasteiger partial charge in [-0.2, -0.15) is 0 Å². The average Bonchev–Trinajstić information content (AvgIpc) is 3.16. The van der Waals surface area contributed by atoms with Gasteiger partial charge in [-0.15, -0.1) is 21.5 Å². The number of hydrogen-bond donors (Lipinski definition) is 0. The van der Waals surface area contributed by atoms with Crippen LogP contribution in [0.4, 0.5) is 0 Å². The Balaban J connectivity index is 1.57. The zero-order valence-electron chi connectivity index (χ0n) is 14.1. The maximum absolute atomic E-state index is 4.73. The Morgan fingerprint density at radius 1 is 1.09 bits per heavy atom. The molecule has 0 N–H and O–H groups in total. The van der Waals surface area contributed by atoms with Crippen molar-refractivity contribution in [3.05, 3.63) is 27.2 Å². The van der Waals surface area contributed by atoms with Crippen LogP contribution in [0, 0.1) is 13.8 Å². The number of hydrogen-bond acceptors (Lipinski definition) is 5. The van der Waals surface area contributed by atoms with E-state index in [0.717, 1.165) is 26.1 Å². The van der Waals surface area contributed by atoms with Gasteiger partial charge in [0, 0.05) is 17.8 Å². The van der Waals surface area contributed by atoms with E-state index in [2.05, 4.69) is 33.5 Å². The van der Waals surface area contributed by atoms with Gasteiger partial charge in [-0.05, 0) is 46.1 Å². The first-order valence-electron chi connectivity index (χ1n) is 8.81. The summed E-state index contributed by atoms with van der Waals surface area (Å²) in [5.41, 5.74) is 1.18. The molecular weight excluding hydrogens is 306 g/mol.